The second kappa shape index (κ2) is 6.60. The Labute approximate surface area is 126 Å². The molecule has 116 valence electrons. The number of hydrogen-bond acceptors (Lipinski definition) is 4. The molecule has 0 fully saturated rings. The van der Waals surface area contributed by atoms with Crippen LogP contribution in [0.2, 0.25) is 0 Å². The highest BCUT2D eigenvalue weighted by atomic mass is 16.3. The van der Waals surface area contributed by atoms with E-state index >= 15 is 0 Å². The van der Waals surface area contributed by atoms with Gasteiger partial charge in [0.1, 0.15) is 11.3 Å². The Kier molecular flexibility index (Phi) is 5.04. The molecular weight excluding hydrogens is 264 g/mol. The van der Waals surface area contributed by atoms with Crippen LogP contribution in [0.3, 0.4) is 0 Å². The van der Waals surface area contributed by atoms with Crippen molar-refractivity contribution in [1.82, 2.24) is 10.2 Å². The summed E-state index contributed by atoms with van der Waals surface area (Å²) in [6.07, 6.45) is -0.378. The molecule has 0 bridgehead atoms. The quantitative estimate of drug-likeness (QED) is 0.858. The molecule has 2 rings (SSSR count). The number of aliphatic hydroxyl groups excluding tert-OH is 1. The van der Waals surface area contributed by atoms with Crippen molar-refractivity contribution in [3.05, 3.63) is 35.1 Å². The molecule has 2 unspecified atom stereocenters. The number of benzene rings is 1. The summed E-state index contributed by atoms with van der Waals surface area (Å²) < 4.78 is 5.92. The number of aliphatic hydroxyl groups is 1. The summed E-state index contributed by atoms with van der Waals surface area (Å²) in [6.45, 7) is 7.46. The molecule has 0 radical (unpaired) electrons. The first-order chi connectivity index (χ1) is 9.86. The number of fused-ring (bicyclic) bond motifs is 1. The van der Waals surface area contributed by atoms with Gasteiger partial charge in [0.25, 0.3) is 0 Å². The minimum atomic E-state index is -0.378. The van der Waals surface area contributed by atoms with E-state index in [4.69, 9.17) is 4.42 Å². The molecule has 0 aliphatic heterocycles. The third-order valence-electron chi connectivity index (χ3n) is 3.81. The fourth-order valence-corrected chi connectivity index (χ4v) is 2.44. The van der Waals surface area contributed by atoms with Crippen molar-refractivity contribution in [2.75, 3.05) is 27.2 Å². The molecule has 0 aliphatic rings. The Morgan fingerprint density at radius 3 is 2.52 bits per heavy atom. The van der Waals surface area contributed by atoms with Gasteiger partial charge in [-0.05, 0) is 64.2 Å². The van der Waals surface area contributed by atoms with Crippen molar-refractivity contribution in [3.8, 4) is 0 Å². The minimum absolute atomic E-state index is 0.0785. The number of nitrogens with zero attached hydrogens (tertiary/aromatic N) is 1. The first-order valence-corrected chi connectivity index (χ1v) is 7.43. The van der Waals surface area contributed by atoms with Crippen LogP contribution in [-0.2, 0) is 0 Å². The van der Waals surface area contributed by atoms with Gasteiger partial charge in [-0.1, -0.05) is 0 Å². The highest BCUT2D eigenvalue weighted by Gasteiger charge is 2.14. The molecule has 0 saturated carbocycles. The lowest BCUT2D eigenvalue weighted by atomic mass is 10.1. The Hall–Kier alpha value is -1.36. The number of aryl methyl sites for hydroxylation is 2. The summed E-state index contributed by atoms with van der Waals surface area (Å²) in [4.78, 5) is 1.98. The summed E-state index contributed by atoms with van der Waals surface area (Å²) in [5.41, 5.74) is 3.44. The van der Waals surface area contributed by atoms with E-state index in [0.717, 1.165) is 16.7 Å². The third-order valence-corrected chi connectivity index (χ3v) is 3.81. The van der Waals surface area contributed by atoms with Crippen LogP contribution in [0, 0.1) is 13.8 Å². The predicted octanol–water partition coefficient (Wildman–Crippen LogP) is 2.62. The fourth-order valence-electron chi connectivity index (χ4n) is 2.44. The molecular formula is C17H26N2O2. The van der Waals surface area contributed by atoms with Crippen molar-refractivity contribution in [3.63, 3.8) is 0 Å². The predicted molar refractivity (Wildman–Crippen MR) is 86.7 cm³/mol. The van der Waals surface area contributed by atoms with Crippen molar-refractivity contribution >= 4 is 11.0 Å². The van der Waals surface area contributed by atoms with Gasteiger partial charge in [-0.2, -0.15) is 0 Å². The number of furan rings is 1. The molecule has 2 atom stereocenters. The van der Waals surface area contributed by atoms with E-state index in [1.54, 1.807) is 0 Å². The molecule has 0 amide bonds. The van der Waals surface area contributed by atoms with Gasteiger partial charge in [0.15, 0.2) is 0 Å². The Morgan fingerprint density at radius 1 is 1.19 bits per heavy atom. The van der Waals surface area contributed by atoms with Gasteiger partial charge < -0.3 is 19.7 Å². The highest BCUT2D eigenvalue weighted by Crippen LogP contribution is 2.26. The van der Waals surface area contributed by atoms with E-state index < -0.39 is 0 Å². The van der Waals surface area contributed by atoms with Gasteiger partial charge in [-0.3, -0.25) is 0 Å². The maximum atomic E-state index is 9.89. The van der Waals surface area contributed by atoms with Crippen LogP contribution in [0.5, 0.6) is 0 Å². The lowest BCUT2D eigenvalue weighted by Crippen LogP contribution is -2.35. The molecule has 1 heterocycles. The Bertz CT molecular complexity index is 565. The molecule has 0 spiro atoms. The van der Waals surface area contributed by atoms with Gasteiger partial charge in [-0.25, -0.2) is 0 Å². The smallest absolute Gasteiger partial charge is 0.134 e. The monoisotopic (exact) mass is 290 g/mol. The lowest BCUT2D eigenvalue weighted by Gasteiger charge is -2.18. The molecule has 0 saturated heterocycles. The fraction of sp³-hybridized carbons (Fsp3) is 0.529. The molecule has 2 aromatic rings. The third kappa shape index (κ3) is 4.06. The SMILES string of the molecule is Cc1cc2cc(C(C)NCC(O)CN(C)C)oc2cc1C. The zero-order chi connectivity index (χ0) is 15.6. The maximum Gasteiger partial charge on any atom is 0.134 e. The average Bonchev–Trinajstić information content (AvgIpc) is 2.78. The van der Waals surface area contributed by atoms with Crippen molar-refractivity contribution < 1.29 is 9.52 Å². The number of hydrogen-bond donors (Lipinski definition) is 2. The zero-order valence-corrected chi connectivity index (χ0v) is 13.6. The second-order valence-electron chi connectivity index (χ2n) is 6.17. The standard InChI is InChI=1S/C17H26N2O2/c1-11-6-14-8-16(21-17(14)7-12(11)2)13(3)18-9-15(20)10-19(4)5/h6-8,13,15,18,20H,9-10H2,1-5H3. The highest BCUT2D eigenvalue weighted by molar-refractivity contribution is 5.79. The number of likely N-dealkylation sites (N-methyl/N-ethyl adjacent to an activating group) is 1. The molecule has 0 aliphatic carbocycles. The minimum Gasteiger partial charge on any atom is -0.459 e. The van der Waals surface area contributed by atoms with E-state index in [1.165, 1.54) is 11.1 Å². The summed E-state index contributed by atoms with van der Waals surface area (Å²) >= 11 is 0. The normalized spacial score (nSPS) is 14.8. The maximum absolute atomic E-state index is 9.89. The van der Waals surface area contributed by atoms with E-state index in [0.29, 0.717) is 13.1 Å². The average molecular weight is 290 g/mol. The summed E-state index contributed by atoms with van der Waals surface area (Å²) in [5, 5.41) is 14.4. The summed E-state index contributed by atoms with van der Waals surface area (Å²) in [5.74, 6) is 0.909. The van der Waals surface area contributed by atoms with Crippen LogP contribution in [0.4, 0.5) is 0 Å². The lowest BCUT2D eigenvalue weighted by molar-refractivity contribution is 0.131. The summed E-state index contributed by atoms with van der Waals surface area (Å²) in [7, 11) is 3.91. The largest absolute Gasteiger partial charge is 0.459 e. The van der Waals surface area contributed by atoms with E-state index in [-0.39, 0.29) is 12.1 Å². The van der Waals surface area contributed by atoms with Crippen LogP contribution < -0.4 is 5.32 Å². The van der Waals surface area contributed by atoms with Gasteiger partial charge in [0.2, 0.25) is 0 Å². The van der Waals surface area contributed by atoms with Gasteiger partial charge in [0.05, 0.1) is 12.1 Å². The van der Waals surface area contributed by atoms with Crippen LogP contribution in [-0.4, -0.2) is 43.3 Å². The molecule has 21 heavy (non-hydrogen) atoms. The number of rotatable bonds is 6. The van der Waals surface area contributed by atoms with Crippen molar-refractivity contribution in [1.29, 1.82) is 0 Å². The van der Waals surface area contributed by atoms with E-state index in [2.05, 4.69) is 44.3 Å². The zero-order valence-electron chi connectivity index (χ0n) is 13.6. The molecule has 2 N–H and O–H groups in total. The molecule has 4 nitrogen and oxygen atoms in total. The molecule has 1 aromatic carbocycles. The second-order valence-corrected chi connectivity index (χ2v) is 6.17. The van der Waals surface area contributed by atoms with E-state index in [1.807, 2.05) is 19.0 Å². The van der Waals surface area contributed by atoms with Gasteiger partial charge in [0, 0.05) is 18.5 Å². The van der Waals surface area contributed by atoms with Crippen LogP contribution >= 0.6 is 0 Å². The van der Waals surface area contributed by atoms with Crippen LogP contribution in [0.25, 0.3) is 11.0 Å². The Balaban J connectivity index is 2.04. The van der Waals surface area contributed by atoms with Crippen LogP contribution in [0.15, 0.2) is 22.6 Å². The molecule has 1 aromatic heterocycles. The molecule has 4 heteroatoms. The first-order valence-electron chi connectivity index (χ1n) is 7.43. The van der Waals surface area contributed by atoms with Crippen LogP contribution in [0.1, 0.15) is 29.9 Å². The van der Waals surface area contributed by atoms with Crippen molar-refractivity contribution in [2.45, 2.75) is 32.9 Å². The topological polar surface area (TPSA) is 48.6 Å². The first kappa shape index (κ1) is 16.0. The Morgan fingerprint density at radius 2 is 1.86 bits per heavy atom. The summed E-state index contributed by atoms with van der Waals surface area (Å²) in [6, 6.07) is 6.40. The van der Waals surface area contributed by atoms with Gasteiger partial charge >= 0.3 is 0 Å². The van der Waals surface area contributed by atoms with E-state index in [9.17, 15) is 5.11 Å². The van der Waals surface area contributed by atoms with Crippen molar-refractivity contribution in [2.24, 2.45) is 0 Å². The van der Waals surface area contributed by atoms with Gasteiger partial charge in [-0.15, -0.1) is 0 Å². The number of nitrogens with one attached hydrogen (secondary N) is 1.